The van der Waals surface area contributed by atoms with Crippen molar-refractivity contribution in [1.29, 1.82) is 0 Å². The minimum absolute atomic E-state index is 0.143. The molecule has 0 bridgehead atoms. The van der Waals surface area contributed by atoms with Crippen LogP contribution in [0.3, 0.4) is 0 Å². The van der Waals surface area contributed by atoms with Gasteiger partial charge in [0.2, 0.25) is 10.0 Å². The summed E-state index contributed by atoms with van der Waals surface area (Å²) in [4.78, 5) is 12.3. The van der Waals surface area contributed by atoms with E-state index in [4.69, 9.17) is 11.6 Å². The highest BCUT2D eigenvalue weighted by molar-refractivity contribution is 7.89. The van der Waals surface area contributed by atoms with Crippen molar-refractivity contribution in [1.82, 2.24) is 4.31 Å². The first-order chi connectivity index (χ1) is 13.6. The minimum atomic E-state index is -3.89. The number of benzene rings is 2. The number of carbonyl (C=O) groups excluding carboxylic acids is 1. The van der Waals surface area contributed by atoms with Gasteiger partial charge in [-0.15, -0.1) is 0 Å². The van der Waals surface area contributed by atoms with Crippen LogP contribution >= 0.6 is 11.6 Å². The fourth-order valence-electron chi connectivity index (χ4n) is 3.57. The maximum Gasteiger partial charge on any atom is 0.258 e. The second kappa shape index (κ2) is 8.38. The van der Waals surface area contributed by atoms with Gasteiger partial charge in [0.05, 0.1) is 16.1 Å². The highest BCUT2D eigenvalue weighted by Gasteiger charge is 2.32. The van der Waals surface area contributed by atoms with Crippen LogP contribution in [0, 0.1) is 23.5 Å². The number of piperidine rings is 1. The summed E-state index contributed by atoms with van der Waals surface area (Å²) >= 11 is 5.68. The van der Waals surface area contributed by atoms with E-state index in [0.717, 1.165) is 30.7 Å². The van der Waals surface area contributed by atoms with Gasteiger partial charge < -0.3 is 5.32 Å². The van der Waals surface area contributed by atoms with Crippen LogP contribution in [0.1, 0.15) is 30.6 Å². The first-order valence-electron chi connectivity index (χ1n) is 9.14. The van der Waals surface area contributed by atoms with E-state index in [9.17, 15) is 22.0 Å². The molecule has 3 rings (SSSR count). The first kappa shape index (κ1) is 21.7. The monoisotopic (exact) mass is 442 g/mol. The van der Waals surface area contributed by atoms with E-state index in [0.29, 0.717) is 13.1 Å². The molecule has 1 N–H and O–H groups in total. The largest absolute Gasteiger partial charge is 0.319 e. The quantitative estimate of drug-likeness (QED) is 0.756. The zero-order chi connectivity index (χ0) is 21.3. The van der Waals surface area contributed by atoms with Crippen LogP contribution in [0.4, 0.5) is 14.5 Å². The van der Waals surface area contributed by atoms with E-state index in [2.05, 4.69) is 5.32 Å². The molecule has 0 aliphatic carbocycles. The molecule has 5 nitrogen and oxygen atoms in total. The number of hydrogen-bond acceptors (Lipinski definition) is 3. The highest BCUT2D eigenvalue weighted by atomic mass is 35.5. The second-order valence-electron chi connectivity index (χ2n) is 7.49. The summed E-state index contributed by atoms with van der Waals surface area (Å²) in [6.07, 6.45) is 0.926. The van der Waals surface area contributed by atoms with Gasteiger partial charge in [0.1, 0.15) is 11.6 Å². The van der Waals surface area contributed by atoms with Gasteiger partial charge in [-0.1, -0.05) is 25.4 Å². The van der Waals surface area contributed by atoms with Crippen LogP contribution in [0.15, 0.2) is 41.3 Å². The van der Waals surface area contributed by atoms with Crippen molar-refractivity contribution in [3.8, 4) is 0 Å². The highest BCUT2D eigenvalue weighted by Crippen LogP contribution is 2.28. The van der Waals surface area contributed by atoms with Crippen molar-refractivity contribution in [3.05, 3.63) is 58.6 Å². The predicted octanol–water partition coefficient (Wildman–Crippen LogP) is 4.54. The number of halogens is 3. The summed E-state index contributed by atoms with van der Waals surface area (Å²) < 4.78 is 55.6. The molecule has 1 amide bonds. The molecule has 0 radical (unpaired) electrons. The number of rotatable bonds is 4. The van der Waals surface area contributed by atoms with Gasteiger partial charge in [0, 0.05) is 18.1 Å². The summed E-state index contributed by atoms with van der Waals surface area (Å²) in [5.41, 5.74) is -0.677. The zero-order valence-corrected chi connectivity index (χ0v) is 17.5. The Hall–Kier alpha value is -2.03. The number of hydrogen-bond donors (Lipinski definition) is 1. The molecule has 9 heteroatoms. The van der Waals surface area contributed by atoms with Crippen molar-refractivity contribution >= 4 is 33.2 Å². The SMILES string of the molecule is C[C@@H]1C[C@H](C)CN(S(=O)(=O)c2ccc(F)c(C(=O)Nc3ccc(Cl)cc3F)c2)C1. The second-order valence-corrected chi connectivity index (χ2v) is 9.86. The molecule has 2 aromatic rings. The lowest BCUT2D eigenvalue weighted by atomic mass is 9.94. The van der Waals surface area contributed by atoms with Gasteiger partial charge in [-0.05, 0) is 54.7 Å². The third kappa shape index (κ3) is 4.76. The van der Waals surface area contributed by atoms with Gasteiger partial charge in [-0.2, -0.15) is 4.31 Å². The topological polar surface area (TPSA) is 66.5 Å². The molecule has 1 heterocycles. The lowest BCUT2D eigenvalue weighted by molar-refractivity contribution is 0.102. The number of amides is 1. The third-order valence-electron chi connectivity index (χ3n) is 4.83. The minimum Gasteiger partial charge on any atom is -0.319 e. The van der Waals surface area contributed by atoms with Crippen molar-refractivity contribution in [2.75, 3.05) is 18.4 Å². The molecule has 156 valence electrons. The summed E-state index contributed by atoms with van der Waals surface area (Å²) in [6.45, 7) is 4.67. The van der Waals surface area contributed by atoms with E-state index in [-0.39, 0.29) is 27.4 Å². The molecular weight excluding hydrogens is 422 g/mol. The van der Waals surface area contributed by atoms with Crippen molar-refractivity contribution in [3.63, 3.8) is 0 Å². The fourth-order valence-corrected chi connectivity index (χ4v) is 5.44. The molecule has 0 aromatic heterocycles. The van der Waals surface area contributed by atoms with Crippen LogP contribution in [0.2, 0.25) is 5.02 Å². The van der Waals surface area contributed by atoms with E-state index in [1.54, 1.807) is 0 Å². The third-order valence-corrected chi connectivity index (χ3v) is 6.90. The van der Waals surface area contributed by atoms with Crippen LogP contribution in [0.5, 0.6) is 0 Å². The Morgan fingerprint density at radius 2 is 1.72 bits per heavy atom. The Bertz CT molecular complexity index is 1040. The van der Waals surface area contributed by atoms with Gasteiger partial charge in [-0.3, -0.25) is 4.79 Å². The van der Waals surface area contributed by atoms with Gasteiger partial charge in [-0.25, -0.2) is 17.2 Å². The Kier molecular flexibility index (Phi) is 6.26. The van der Waals surface area contributed by atoms with Crippen LogP contribution in [-0.2, 0) is 10.0 Å². The van der Waals surface area contributed by atoms with Gasteiger partial charge in [0.15, 0.2) is 0 Å². The summed E-state index contributed by atoms with van der Waals surface area (Å²) in [6, 6.07) is 6.66. The Labute approximate surface area is 173 Å². The van der Waals surface area contributed by atoms with Crippen molar-refractivity contribution < 1.29 is 22.0 Å². The Morgan fingerprint density at radius 3 is 2.34 bits per heavy atom. The van der Waals surface area contributed by atoms with Crippen molar-refractivity contribution in [2.24, 2.45) is 11.8 Å². The molecule has 1 aliphatic heterocycles. The normalized spacial score (nSPS) is 20.4. The molecule has 0 saturated carbocycles. The standard InChI is InChI=1S/C20H21ClF2N2O3S/c1-12-7-13(2)11-25(10-12)29(27,28)15-4-5-17(22)16(9-15)20(26)24-19-6-3-14(21)8-18(19)23/h3-6,8-9,12-13H,7,10-11H2,1-2H3,(H,24,26)/t12-,13+. The molecule has 2 atom stereocenters. The molecular formula is C20H21ClF2N2O3S. The lowest BCUT2D eigenvalue weighted by Crippen LogP contribution is -2.42. The van der Waals surface area contributed by atoms with Crippen LogP contribution in [0.25, 0.3) is 0 Å². The predicted molar refractivity (Wildman–Crippen MR) is 107 cm³/mol. The molecule has 1 saturated heterocycles. The van der Waals surface area contributed by atoms with Gasteiger partial charge in [0.25, 0.3) is 5.91 Å². The van der Waals surface area contributed by atoms with Crippen molar-refractivity contribution in [2.45, 2.75) is 25.2 Å². The van der Waals surface area contributed by atoms with Gasteiger partial charge >= 0.3 is 0 Å². The number of nitrogens with one attached hydrogen (secondary N) is 1. The molecule has 29 heavy (non-hydrogen) atoms. The lowest BCUT2D eigenvalue weighted by Gasteiger charge is -2.34. The fraction of sp³-hybridized carbons (Fsp3) is 0.350. The number of carbonyl (C=O) groups is 1. The number of anilines is 1. The average Bonchev–Trinajstić information content (AvgIpc) is 2.63. The number of nitrogens with zero attached hydrogens (tertiary/aromatic N) is 1. The molecule has 2 aromatic carbocycles. The Balaban J connectivity index is 1.90. The maximum atomic E-state index is 14.3. The first-order valence-corrected chi connectivity index (χ1v) is 11.0. The molecule has 1 fully saturated rings. The van der Waals surface area contributed by atoms with E-state index < -0.39 is 33.1 Å². The Morgan fingerprint density at radius 1 is 1.07 bits per heavy atom. The van der Waals surface area contributed by atoms with Crippen LogP contribution in [-0.4, -0.2) is 31.7 Å². The zero-order valence-electron chi connectivity index (χ0n) is 16.0. The van der Waals surface area contributed by atoms with Crippen LogP contribution < -0.4 is 5.32 Å². The maximum absolute atomic E-state index is 14.3. The molecule has 1 aliphatic rings. The molecule has 0 spiro atoms. The summed E-state index contributed by atoms with van der Waals surface area (Å²) in [7, 11) is -3.89. The number of sulfonamides is 1. The summed E-state index contributed by atoms with van der Waals surface area (Å²) in [5, 5.41) is 2.39. The average molecular weight is 443 g/mol. The summed E-state index contributed by atoms with van der Waals surface area (Å²) in [5.74, 6) is -2.25. The van der Waals surface area contributed by atoms with E-state index in [1.807, 2.05) is 13.8 Å². The van der Waals surface area contributed by atoms with E-state index >= 15 is 0 Å². The smallest absolute Gasteiger partial charge is 0.258 e. The molecule has 0 unspecified atom stereocenters. The van der Waals surface area contributed by atoms with E-state index in [1.165, 1.54) is 16.4 Å².